The molecule has 5 nitrogen and oxygen atoms in total. The van der Waals surface area contributed by atoms with Gasteiger partial charge in [0, 0.05) is 28.5 Å². The molecule has 2 heterocycles. The second-order valence-corrected chi connectivity index (χ2v) is 7.95. The highest BCUT2D eigenvalue weighted by Gasteiger charge is 2.12. The standard InChI is InChI=1S/C16H15BrN4OS2/c1-21-14(9-13-3-2-8-23-13)19-20-16(21)24-10-15(22)18-12-6-4-11(17)5-7-12/h2-8H,9-10H2,1H3,(H,18,22). The molecule has 1 aromatic carbocycles. The number of rotatable bonds is 6. The number of hydrogen-bond donors (Lipinski definition) is 1. The predicted molar refractivity (Wildman–Crippen MR) is 102 cm³/mol. The lowest BCUT2D eigenvalue weighted by Crippen LogP contribution is -2.14. The van der Waals surface area contributed by atoms with E-state index in [1.54, 1.807) is 11.3 Å². The van der Waals surface area contributed by atoms with Gasteiger partial charge < -0.3 is 9.88 Å². The zero-order valence-electron chi connectivity index (χ0n) is 12.9. The van der Waals surface area contributed by atoms with E-state index in [0.717, 1.165) is 27.6 Å². The molecule has 0 bridgehead atoms. The van der Waals surface area contributed by atoms with Gasteiger partial charge in [0.1, 0.15) is 5.82 Å². The summed E-state index contributed by atoms with van der Waals surface area (Å²) in [4.78, 5) is 13.3. The lowest BCUT2D eigenvalue weighted by atomic mass is 10.3. The molecule has 1 amide bonds. The number of nitrogens with one attached hydrogen (secondary N) is 1. The van der Waals surface area contributed by atoms with E-state index in [1.807, 2.05) is 47.3 Å². The van der Waals surface area contributed by atoms with Crippen molar-refractivity contribution in [3.05, 3.63) is 57.0 Å². The molecule has 0 unspecified atom stereocenters. The molecular weight excluding hydrogens is 408 g/mol. The smallest absolute Gasteiger partial charge is 0.234 e. The maximum absolute atomic E-state index is 12.0. The molecule has 1 N–H and O–H groups in total. The molecule has 0 aliphatic carbocycles. The van der Waals surface area contributed by atoms with Crippen molar-refractivity contribution in [3.63, 3.8) is 0 Å². The van der Waals surface area contributed by atoms with Crippen molar-refractivity contribution in [3.8, 4) is 0 Å². The highest BCUT2D eigenvalue weighted by Crippen LogP contribution is 2.20. The summed E-state index contributed by atoms with van der Waals surface area (Å²) in [5.41, 5.74) is 0.778. The Morgan fingerprint density at radius 2 is 2.08 bits per heavy atom. The average molecular weight is 423 g/mol. The first kappa shape index (κ1) is 17.2. The third-order valence-corrected chi connectivity index (χ3v) is 5.72. The average Bonchev–Trinajstić information content (AvgIpc) is 3.19. The quantitative estimate of drug-likeness (QED) is 0.610. The SMILES string of the molecule is Cn1c(Cc2cccs2)nnc1SCC(=O)Nc1ccc(Br)cc1. The van der Waals surface area contributed by atoms with E-state index in [-0.39, 0.29) is 5.91 Å². The number of halogens is 1. The van der Waals surface area contributed by atoms with Gasteiger partial charge in [-0.05, 0) is 35.7 Å². The minimum Gasteiger partial charge on any atom is -0.325 e. The highest BCUT2D eigenvalue weighted by atomic mass is 79.9. The van der Waals surface area contributed by atoms with E-state index in [0.29, 0.717) is 5.75 Å². The van der Waals surface area contributed by atoms with Crippen LogP contribution in [0.3, 0.4) is 0 Å². The molecule has 0 aliphatic heterocycles. The Bertz CT molecular complexity index is 815. The van der Waals surface area contributed by atoms with Gasteiger partial charge in [-0.25, -0.2) is 0 Å². The number of thiophene rings is 1. The van der Waals surface area contributed by atoms with E-state index in [1.165, 1.54) is 16.6 Å². The van der Waals surface area contributed by atoms with Crippen LogP contribution in [0.25, 0.3) is 0 Å². The number of benzene rings is 1. The van der Waals surface area contributed by atoms with Gasteiger partial charge in [-0.3, -0.25) is 4.79 Å². The van der Waals surface area contributed by atoms with Crippen molar-refractivity contribution in [1.82, 2.24) is 14.8 Å². The largest absolute Gasteiger partial charge is 0.325 e. The number of thioether (sulfide) groups is 1. The van der Waals surface area contributed by atoms with Gasteiger partial charge in [0.05, 0.1) is 5.75 Å². The first-order valence-corrected chi connectivity index (χ1v) is 9.86. The Morgan fingerprint density at radius 1 is 1.29 bits per heavy atom. The molecule has 0 atom stereocenters. The summed E-state index contributed by atoms with van der Waals surface area (Å²) in [6.07, 6.45) is 0.757. The topological polar surface area (TPSA) is 59.8 Å². The third kappa shape index (κ3) is 4.46. The van der Waals surface area contributed by atoms with E-state index < -0.39 is 0 Å². The number of anilines is 1. The van der Waals surface area contributed by atoms with Crippen molar-refractivity contribution >= 4 is 50.6 Å². The summed E-state index contributed by atoms with van der Waals surface area (Å²) >= 11 is 6.45. The van der Waals surface area contributed by atoms with Crippen LogP contribution >= 0.6 is 39.0 Å². The first-order chi connectivity index (χ1) is 11.6. The Morgan fingerprint density at radius 3 is 2.79 bits per heavy atom. The molecule has 0 saturated carbocycles. The fourth-order valence-corrected chi connectivity index (χ4v) is 3.75. The van der Waals surface area contributed by atoms with E-state index in [9.17, 15) is 4.79 Å². The lowest BCUT2D eigenvalue weighted by molar-refractivity contribution is -0.113. The molecule has 24 heavy (non-hydrogen) atoms. The van der Waals surface area contributed by atoms with Crippen LogP contribution in [0.1, 0.15) is 10.7 Å². The van der Waals surface area contributed by atoms with Crippen LogP contribution in [-0.4, -0.2) is 26.4 Å². The molecule has 3 rings (SSSR count). The second-order valence-electron chi connectivity index (χ2n) is 5.06. The van der Waals surface area contributed by atoms with Crippen LogP contribution in [0.15, 0.2) is 51.4 Å². The molecule has 124 valence electrons. The monoisotopic (exact) mass is 422 g/mol. The Kier molecular flexibility index (Phi) is 5.70. The van der Waals surface area contributed by atoms with Crippen molar-refractivity contribution in [2.24, 2.45) is 7.05 Å². The molecular formula is C16H15BrN4OS2. The van der Waals surface area contributed by atoms with E-state index in [4.69, 9.17) is 0 Å². The van der Waals surface area contributed by atoms with Gasteiger partial charge in [-0.1, -0.05) is 33.8 Å². The summed E-state index contributed by atoms with van der Waals surface area (Å²) in [6, 6.07) is 11.6. The molecule has 0 fully saturated rings. The molecule has 8 heteroatoms. The fourth-order valence-electron chi connectivity index (χ4n) is 2.05. The minimum absolute atomic E-state index is 0.0647. The van der Waals surface area contributed by atoms with Crippen LogP contribution in [0.4, 0.5) is 5.69 Å². The number of aromatic nitrogens is 3. The third-order valence-electron chi connectivity index (χ3n) is 3.30. The minimum atomic E-state index is -0.0647. The van der Waals surface area contributed by atoms with Crippen molar-refractivity contribution in [2.75, 3.05) is 11.1 Å². The summed E-state index contributed by atoms with van der Waals surface area (Å²) in [5, 5.41) is 14.1. The highest BCUT2D eigenvalue weighted by molar-refractivity contribution is 9.10. The summed E-state index contributed by atoms with van der Waals surface area (Å²) < 4.78 is 2.92. The zero-order valence-corrected chi connectivity index (χ0v) is 16.1. The maximum Gasteiger partial charge on any atom is 0.234 e. The van der Waals surface area contributed by atoms with Crippen molar-refractivity contribution in [1.29, 1.82) is 0 Å². The van der Waals surface area contributed by atoms with E-state index in [2.05, 4.69) is 37.5 Å². The number of carbonyl (C=O) groups excluding carboxylic acids is 1. The summed E-state index contributed by atoms with van der Waals surface area (Å²) in [7, 11) is 1.93. The molecule has 0 aliphatic rings. The number of amides is 1. The van der Waals surface area contributed by atoms with Gasteiger partial charge in [-0.2, -0.15) is 0 Å². The zero-order chi connectivity index (χ0) is 16.9. The molecule has 0 radical (unpaired) electrons. The first-order valence-electron chi connectivity index (χ1n) is 7.20. The van der Waals surface area contributed by atoms with Gasteiger partial charge in [0.15, 0.2) is 5.16 Å². The van der Waals surface area contributed by atoms with Crippen LogP contribution in [0.5, 0.6) is 0 Å². The molecule has 2 aromatic heterocycles. The van der Waals surface area contributed by atoms with Gasteiger partial charge in [0.2, 0.25) is 5.91 Å². The van der Waals surface area contributed by atoms with Crippen LogP contribution in [0, 0.1) is 0 Å². The van der Waals surface area contributed by atoms with Gasteiger partial charge >= 0.3 is 0 Å². The summed E-state index contributed by atoms with van der Waals surface area (Å²) in [5.74, 6) is 1.12. The second kappa shape index (κ2) is 7.96. The lowest BCUT2D eigenvalue weighted by Gasteiger charge is -2.05. The Balaban J connectivity index is 1.55. The van der Waals surface area contributed by atoms with Gasteiger partial charge in [0.25, 0.3) is 0 Å². The number of carbonyl (C=O) groups is 1. The van der Waals surface area contributed by atoms with Gasteiger partial charge in [-0.15, -0.1) is 21.5 Å². The number of hydrogen-bond acceptors (Lipinski definition) is 5. The Hall–Kier alpha value is -1.64. The fraction of sp³-hybridized carbons (Fsp3) is 0.188. The van der Waals surface area contributed by atoms with Crippen LogP contribution < -0.4 is 5.32 Å². The predicted octanol–water partition coefficient (Wildman–Crippen LogP) is 3.96. The van der Waals surface area contributed by atoms with Crippen molar-refractivity contribution < 1.29 is 4.79 Å². The normalized spacial score (nSPS) is 10.8. The molecule has 0 saturated heterocycles. The van der Waals surface area contributed by atoms with Crippen LogP contribution in [-0.2, 0) is 18.3 Å². The van der Waals surface area contributed by atoms with Crippen LogP contribution in [0.2, 0.25) is 0 Å². The van der Waals surface area contributed by atoms with E-state index >= 15 is 0 Å². The summed E-state index contributed by atoms with van der Waals surface area (Å²) in [6.45, 7) is 0. The van der Waals surface area contributed by atoms with Crippen molar-refractivity contribution in [2.45, 2.75) is 11.6 Å². The molecule has 3 aromatic rings. The Labute approximate surface area is 156 Å². The maximum atomic E-state index is 12.0. The number of nitrogens with zero attached hydrogens (tertiary/aromatic N) is 3. The molecule has 0 spiro atoms.